The lowest BCUT2D eigenvalue weighted by Crippen LogP contribution is -2.45. The van der Waals surface area contributed by atoms with E-state index in [1.54, 1.807) is 27.7 Å². The topological polar surface area (TPSA) is 129 Å². The molecule has 0 radical (unpaired) electrons. The van der Waals surface area contributed by atoms with Crippen LogP contribution in [0.3, 0.4) is 0 Å². The van der Waals surface area contributed by atoms with Crippen molar-refractivity contribution in [3.63, 3.8) is 0 Å². The molecule has 40 heavy (non-hydrogen) atoms. The summed E-state index contributed by atoms with van der Waals surface area (Å²) in [5.74, 6) is -1.14. The van der Waals surface area contributed by atoms with E-state index in [0.717, 1.165) is 11.1 Å². The average molecular weight is 561 g/mol. The molecule has 0 bridgehead atoms. The van der Waals surface area contributed by atoms with Crippen molar-refractivity contribution < 1.29 is 38.1 Å². The van der Waals surface area contributed by atoms with Gasteiger partial charge >= 0.3 is 24.1 Å². The third-order valence-electron chi connectivity index (χ3n) is 5.67. The summed E-state index contributed by atoms with van der Waals surface area (Å²) in [5.41, 5.74) is -1.77. The second-order valence-electron chi connectivity index (χ2n) is 12.1. The van der Waals surface area contributed by atoms with E-state index in [1.165, 1.54) is 13.8 Å². The minimum absolute atomic E-state index is 0.157. The van der Waals surface area contributed by atoms with Gasteiger partial charge in [-0.1, -0.05) is 37.4 Å². The van der Waals surface area contributed by atoms with Gasteiger partial charge in [0.15, 0.2) is 0 Å². The Balaban J connectivity index is 2.85. The number of ether oxygens (including phenoxy) is 4. The van der Waals surface area contributed by atoms with Gasteiger partial charge in [0.05, 0.1) is 11.1 Å². The smallest absolute Gasteiger partial charge is 0.407 e. The zero-order valence-corrected chi connectivity index (χ0v) is 25.4. The summed E-state index contributed by atoms with van der Waals surface area (Å²) in [5, 5.41) is 5.64. The van der Waals surface area contributed by atoms with Gasteiger partial charge in [0, 0.05) is 11.1 Å². The molecule has 0 saturated carbocycles. The average Bonchev–Trinajstić information content (AvgIpc) is 2.80. The predicted molar refractivity (Wildman–Crippen MR) is 151 cm³/mol. The number of nitrogens with one attached hydrogen (secondary N) is 2. The highest BCUT2D eigenvalue weighted by Gasteiger charge is 2.31. The van der Waals surface area contributed by atoms with Crippen LogP contribution in [0.15, 0.2) is 48.6 Å². The van der Waals surface area contributed by atoms with Crippen LogP contribution in [0, 0.1) is 0 Å². The maximum atomic E-state index is 12.6. The maximum Gasteiger partial charge on any atom is 0.407 e. The van der Waals surface area contributed by atoms with E-state index in [-0.39, 0.29) is 24.4 Å². The Kier molecular flexibility index (Phi) is 11.1. The van der Waals surface area contributed by atoms with Crippen molar-refractivity contribution in [1.82, 2.24) is 10.6 Å². The van der Waals surface area contributed by atoms with Crippen molar-refractivity contribution in [3.05, 3.63) is 59.7 Å². The molecule has 2 amide bonds. The molecule has 0 fully saturated rings. The van der Waals surface area contributed by atoms with Crippen molar-refractivity contribution in [3.8, 4) is 0 Å². The lowest BCUT2D eigenvalue weighted by atomic mass is 9.87. The largest absolute Gasteiger partial charge is 0.453 e. The van der Waals surface area contributed by atoms with Crippen LogP contribution in [0.5, 0.6) is 0 Å². The van der Waals surface area contributed by atoms with E-state index in [2.05, 4.69) is 23.8 Å². The summed E-state index contributed by atoms with van der Waals surface area (Å²) in [7, 11) is 0. The van der Waals surface area contributed by atoms with Gasteiger partial charge in [-0.25, -0.2) is 19.2 Å². The zero-order chi connectivity index (χ0) is 31.1. The fraction of sp³-hybridized carbons (Fsp3) is 0.533. The molecule has 1 rings (SSSR count). The third-order valence-corrected chi connectivity index (χ3v) is 5.67. The van der Waals surface area contributed by atoms with Gasteiger partial charge in [-0.2, -0.15) is 0 Å². The molecule has 1 aromatic carbocycles. The van der Waals surface area contributed by atoms with Crippen molar-refractivity contribution >= 4 is 24.1 Å². The molecule has 1 aromatic rings. The third kappa shape index (κ3) is 11.1. The molecule has 0 aliphatic rings. The molecule has 222 valence electrons. The minimum Gasteiger partial charge on any atom is -0.453 e. The van der Waals surface area contributed by atoms with Crippen molar-refractivity contribution in [2.45, 2.75) is 91.5 Å². The fourth-order valence-corrected chi connectivity index (χ4v) is 3.24. The molecule has 0 spiro atoms. The van der Waals surface area contributed by atoms with E-state index in [1.807, 2.05) is 52.0 Å². The van der Waals surface area contributed by atoms with Gasteiger partial charge < -0.3 is 29.6 Å². The number of hydrogen-bond donors (Lipinski definition) is 2. The van der Waals surface area contributed by atoms with Crippen LogP contribution in [0.4, 0.5) is 9.59 Å². The number of benzene rings is 1. The van der Waals surface area contributed by atoms with Crippen LogP contribution in [-0.4, -0.2) is 48.5 Å². The lowest BCUT2D eigenvalue weighted by molar-refractivity contribution is -0.156. The van der Waals surface area contributed by atoms with E-state index >= 15 is 0 Å². The molecule has 0 aliphatic heterocycles. The van der Waals surface area contributed by atoms with E-state index in [9.17, 15) is 19.2 Å². The standard InChI is InChI=1S/C30H44N2O8/c1-19(2)23(33)39-27(5,6)17-37-25(35)31-29(9,10)21-14-13-15-22(16-21)30(11,12)32-26(36)38-18-28(7,8)40-24(34)20(3)4/h13-16H,1,3,17-18H2,2,4-12H3,(H,31,35)(H,32,36). The van der Waals surface area contributed by atoms with Gasteiger partial charge in [-0.15, -0.1) is 0 Å². The zero-order valence-electron chi connectivity index (χ0n) is 25.4. The summed E-state index contributed by atoms with van der Waals surface area (Å²) in [6.07, 6.45) is -1.38. The van der Waals surface area contributed by atoms with Gasteiger partial charge in [-0.05, 0) is 80.4 Å². The highest BCUT2D eigenvalue weighted by atomic mass is 16.6. The SMILES string of the molecule is C=C(C)C(=O)OC(C)(C)COC(=O)NC(C)(C)c1cccc(C(C)(C)NC(=O)OCC(C)(C)OC(=O)C(=C)C)c1. The van der Waals surface area contributed by atoms with E-state index in [4.69, 9.17) is 18.9 Å². The van der Waals surface area contributed by atoms with Crippen molar-refractivity contribution in [2.75, 3.05) is 13.2 Å². The van der Waals surface area contributed by atoms with E-state index < -0.39 is 46.4 Å². The summed E-state index contributed by atoms with van der Waals surface area (Å²) in [6, 6.07) is 7.36. The molecule has 0 unspecified atom stereocenters. The normalized spacial score (nSPS) is 12.1. The summed E-state index contributed by atoms with van der Waals surface area (Å²) < 4.78 is 21.2. The summed E-state index contributed by atoms with van der Waals surface area (Å²) in [6.45, 7) is 23.6. The first kappa shape index (κ1) is 34.2. The highest BCUT2D eigenvalue weighted by Crippen LogP contribution is 2.27. The molecular formula is C30H44N2O8. The fourth-order valence-electron chi connectivity index (χ4n) is 3.24. The number of rotatable bonds is 12. The first-order valence-electron chi connectivity index (χ1n) is 12.9. The number of hydrogen-bond acceptors (Lipinski definition) is 8. The second-order valence-corrected chi connectivity index (χ2v) is 12.1. The van der Waals surface area contributed by atoms with Crippen LogP contribution < -0.4 is 10.6 Å². The molecule has 0 saturated heterocycles. The minimum atomic E-state index is -1.04. The van der Waals surface area contributed by atoms with Crippen LogP contribution >= 0.6 is 0 Å². The van der Waals surface area contributed by atoms with Gasteiger partial charge in [-0.3, -0.25) is 0 Å². The second kappa shape index (κ2) is 13.0. The first-order valence-corrected chi connectivity index (χ1v) is 12.9. The molecule has 0 heterocycles. The van der Waals surface area contributed by atoms with Crippen LogP contribution in [0.2, 0.25) is 0 Å². The number of carbonyl (C=O) groups excluding carboxylic acids is 4. The number of esters is 2. The number of carbonyl (C=O) groups is 4. The Hall–Kier alpha value is -3.82. The monoisotopic (exact) mass is 560 g/mol. The molecule has 0 atom stereocenters. The van der Waals surface area contributed by atoms with Gasteiger partial charge in [0.25, 0.3) is 0 Å². The molecule has 0 aromatic heterocycles. The first-order chi connectivity index (χ1) is 18.1. The van der Waals surface area contributed by atoms with Crippen molar-refractivity contribution in [2.24, 2.45) is 0 Å². The number of alkyl carbamates (subject to hydrolysis) is 2. The van der Waals surface area contributed by atoms with Gasteiger partial charge in [0.1, 0.15) is 24.4 Å². The Morgan fingerprint density at radius 1 is 0.675 bits per heavy atom. The Morgan fingerprint density at radius 3 is 1.30 bits per heavy atom. The molecule has 10 nitrogen and oxygen atoms in total. The molecule has 10 heteroatoms. The maximum absolute atomic E-state index is 12.6. The molecular weight excluding hydrogens is 516 g/mol. The molecule has 2 N–H and O–H groups in total. The quantitative estimate of drug-likeness (QED) is 0.197. The highest BCUT2D eigenvalue weighted by molar-refractivity contribution is 5.87. The van der Waals surface area contributed by atoms with Crippen LogP contribution in [-0.2, 0) is 39.6 Å². The summed E-state index contributed by atoms with van der Waals surface area (Å²) in [4.78, 5) is 48.8. The van der Waals surface area contributed by atoms with Crippen molar-refractivity contribution in [1.29, 1.82) is 0 Å². The molecule has 0 aliphatic carbocycles. The van der Waals surface area contributed by atoms with E-state index in [0.29, 0.717) is 0 Å². The predicted octanol–water partition coefficient (Wildman–Crippen LogP) is 5.41. The Morgan fingerprint density at radius 2 is 1.00 bits per heavy atom. The van der Waals surface area contributed by atoms with Crippen LogP contribution in [0.1, 0.15) is 80.4 Å². The number of amides is 2. The Bertz CT molecular complexity index is 1060. The van der Waals surface area contributed by atoms with Gasteiger partial charge in [0.2, 0.25) is 0 Å². The Labute approximate surface area is 237 Å². The lowest BCUT2D eigenvalue weighted by Gasteiger charge is -2.32. The van der Waals surface area contributed by atoms with Crippen LogP contribution in [0.25, 0.3) is 0 Å². The summed E-state index contributed by atoms with van der Waals surface area (Å²) >= 11 is 0.